The lowest BCUT2D eigenvalue weighted by atomic mass is 10.0. The van der Waals surface area contributed by atoms with Gasteiger partial charge in [0.25, 0.3) is 5.69 Å². The third kappa shape index (κ3) is 3.15. The van der Waals surface area contributed by atoms with E-state index in [1.54, 1.807) is 13.8 Å². The minimum Gasteiger partial charge on any atom is -0.454 e. The first-order chi connectivity index (χ1) is 9.26. The molecule has 0 unspecified atom stereocenters. The first-order valence-electron chi connectivity index (χ1n) is 5.93. The first kappa shape index (κ1) is 14.1. The zero-order valence-corrected chi connectivity index (χ0v) is 11.1. The maximum atomic E-state index is 11.8. The highest BCUT2D eigenvalue weighted by molar-refractivity contribution is 5.94. The lowest BCUT2D eigenvalue weighted by Gasteiger charge is -2.17. The Hall–Kier alpha value is -2.35. The van der Waals surface area contributed by atoms with Crippen LogP contribution in [-0.2, 0) is 4.79 Å². The number of nitrogens with zero attached hydrogens (tertiary/aromatic N) is 1. The molecule has 1 amide bonds. The zero-order chi connectivity index (χ0) is 14.9. The van der Waals surface area contributed by atoms with Crippen molar-refractivity contribution in [1.29, 1.82) is 0 Å². The number of nitrogens with one attached hydrogen (secondary N) is 1. The van der Waals surface area contributed by atoms with Crippen molar-refractivity contribution in [3.8, 4) is 11.5 Å². The summed E-state index contributed by atoms with van der Waals surface area (Å²) in [5.41, 5.74) is 4.85. The second kappa shape index (κ2) is 4.97. The van der Waals surface area contributed by atoms with Crippen molar-refractivity contribution in [3.05, 3.63) is 22.2 Å². The number of amides is 1. The number of benzene rings is 1. The van der Waals surface area contributed by atoms with Gasteiger partial charge in [-0.2, -0.15) is 0 Å². The van der Waals surface area contributed by atoms with Crippen LogP contribution in [0.1, 0.15) is 20.3 Å². The quantitative estimate of drug-likeness (QED) is 0.636. The molecular weight excluding hydrogens is 266 g/mol. The molecule has 1 aliphatic rings. The molecule has 1 aromatic carbocycles. The fraction of sp³-hybridized carbons (Fsp3) is 0.417. The third-order valence-corrected chi connectivity index (χ3v) is 2.58. The second-order valence-corrected chi connectivity index (χ2v) is 5.19. The number of anilines is 1. The summed E-state index contributed by atoms with van der Waals surface area (Å²) in [7, 11) is 0. The molecule has 0 bridgehead atoms. The molecule has 0 aromatic heterocycles. The van der Waals surface area contributed by atoms with Crippen LogP contribution in [0.3, 0.4) is 0 Å². The number of rotatable bonds is 4. The molecule has 8 heteroatoms. The Morgan fingerprint density at radius 1 is 1.45 bits per heavy atom. The maximum absolute atomic E-state index is 11.8. The molecule has 1 aliphatic heterocycles. The lowest BCUT2D eigenvalue weighted by molar-refractivity contribution is -0.384. The van der Waals surface area contributed by atoms with Gasteiger partial charge in [-0.1, -0.05) is 0 Å². The van der Waals surface area contributed by atoms with Gasteiger partial charge >= 0.3 is 0 Å². The number of nitro benzene ring substituents is 1. The monoisotopic (exact) mass is 281 g/mol. The normalized spacial score (nSPS) is 13.2. The van der Waals surface area contributed by atoms with E-state index < -0.39 is 16.4 Å². The number of hydrogen-bond donors (Lipinski definition) is 2. The summed E-state index contributed by atoms with van der Waals surface area (Å²) in [6.07, 6.45) is 0.0403. The number of hydrogen-bond acceptors (Lipinski definition) is 6. The fourth-order valence-electron chi connectivity index (χ4n) is 1.79. The molecule has 0 fully saturated rings. The average molecular weight is 281 g/mol. The van der Waals surface area contributed by atoms with Crippen LogP contribution in [0.2, 0.25) is 0 Å². The molecular formula is C12H15N3O5. The summed E-state index contributed by atoms with van der Waals surface area (Å²) in [5.74, 6) is 0.242. The number of fused-ring (bicyclic) bond motifs is 1. The maximum Gasteiger partial charge on any atom is 0.296 e. The van der Waals surface area contributed by atoms with Crippen molar-refractivity contribution in [1.82, 2.24) is 0 Å². The molecule has 0 aliphatic carbocycles. The van der Waals surface area contributed by atoms with E-state index in [1.165, 1.54) is 12.1 Å². The second-order valence-electron chi connectivity index (χ2n) is 5.19. The van der Waals surface area contributed by atoms with Crippen molar-refractivity contribution in [2.75, 3.05) is 12.1 Å². The number of ether oxygens (including phenoxy) is 2. The fourth-order valence-corrected chi connectivity index (χ4v) is 1.79. The third-order valence-electron chi connectivity index (χ3n) is 2.58. The highest BCUT2D eigenvalue weighted by Crippen LogP contribution is 2.40. The Morgan fingerprint density at radius 3 is 2.60 bits per heavy atom. The first-order valence-corrected chi connectivity index (χ1v) is 5.93. The van der Waals surface area contributed by atoms with Gasteiger partial charge in [-0.25, -0.2) is 0 Å². The van der Waals surface area contributed by atoms with E-state index in [2.05, 4.69) is 5.32 Å². The van der Waals surface area contributed by atoms with Crippen molar-refractivity contribution >= 4 is 17.3 Å². The van der Waals surface area contributed by atoms with Crippen LogP contribution >= 0.6 is 0 Å². The summed E-state index contributed by atoms with van der Waals surface area (Å²) >= 11 is 0. The van der Waals surface area contributed by atoms with Crippen LogP contribution in [0.5, 0.6) is 11.5 Å². The molecule has 8 nitrogen and oxygen atoms in total. The molecule has 0 spiro atoms. The van der Waals surface area contributed by atoms with Crippen LogP contribution in [0.4, 0.5) is 11.4 Å². The van der Waals surface area contributed by atoms with E-state index in [1.807, 2.05) is 0 Å². The Morgan fingerprint density at radius 2 is 2.05 bits per heavy atom. The SMILES string of the molecule is CC(C)(N)CC(=O)Nc1cc2c(cc1[N+](=O)[O-])OCO2. The molecule has 0 atom stereocenters. The van der Waals surface area contributed by atoms with E-state index in [0.29, 0.717) is 5.75 Å². The van der Waals surface area contributed by atoms with Gasteiger partial charge in [-0.05, 0) is 13.8 Å². The van der Waals surface area contributed by atoms with Gasteiger partial charge in [-0.15, -0.1) is 0 Å². The molecule has 2 rings (SSSR count). The van der Waals surface area contributed by atoms with Crippen molar-refractivity contribution in [2.24, 2.45) is 5.73 Å². The molecule has 20 heavy (non-hydrogen) atoms. The Kier molecular flexibility index (Phi) is 3.49. The number of nitro groups is 1. The standard InChI is InChI=1S/C12H15N3O5/c1-12(2,13)5-11(16)14-7-3-9-10(20-6-19-9)4-8(7)15(17)18/h3-4H,5-6,13H2,1-2H3,(H,14,16). The Balaban J connectivity index is 2.26. The van der Waals surface area contributed by atoms with Gasteiger partial charge < -0.3 is 20.5 Å². The molecule has 1 heterocycles. The number of nitrogens with two attached hydrogens (primary N) is 1. The molecule has 0 saturated heterocycles. The summed E-state index contributed by atoms with van der Waals surface area (Å²) in [5, 5.41) is 13.5. The highest BCUT2D eigenvalue weighted by Gasteiger charge is 2.25. The van der Waals surface area contributed by atoms with E-state index in [0.717, 1.165) is 0 Å². The van der Waals surface area contributed by atoms with Gasteiger partial charge in [0.1, 0.15) is 5.69 Å². The minimum atomic E-state index is -0.699. The topological polar surface area (TPSA) is 117 Å². The molecule has 3 N–H and O–H groups in total. The van der Waals surface area contributed by atoms with Crippen molar-refractivity contribution in [3.63, 3.8) is 0 Å². The Bertz CT molecular complexity index is 565. The van der Waals surface area contributed by atoms with E-state index in [9.17, 15) is 14.9 Å². The molecule has 108 valence electrons. The van der Waals surface area contributed by atoms with Crippen LogP contribution in [0, 0.1) is 10.1 Å². The average Bonchev–Trinajstić information content (AvgIpc) is 2.71. The van der Waals surface area contributed by atoms with Gasteiger partial charge in [0, 0.05) is 18.0 Å². The smallest absolute Gasteiger partial charge is 0.296 e. The van der Waals surface area contributed by atoms with Crippen molar-refractivity contribution in [2.45, 2.75) is 25.8 Å². The highest BCUT2D eigenvalue weighted by atomic mass is 16.7. The van der Waals surface area contributed by atoms with Gasteiger partial charge in [-0.3, -0.25) is 14.9 Å². The molecule has 0 radical (unpaired) electrons. The van der Waals surface area contributed by atoms with Crippen LogP contribution in [0.25, 0.3) is 0 Å². The minimum absolute atomic E-state index is 0.000279. The Labute approximate surface area is 115 Å². The summed E-state index contributed by atoms with van der Waals surface area (Å²) in [6, 6.07) is 2.60. The van der Waals surface area contributed by atoms with E-state index in [-0.39, 0.29) is 30.3 Å². The predicted molar refractivity (Wildman–Crippen MR) is 70.7 cm³/mol. The van der Waals surface area contributed by atoms with E-state index in [4.69, 9.17) is 15.2 Å². The summed E-state index contributed by atoms with van der Waals surface area (Å²) < 4.78 is 10.2. The largest absolute Gasteiger partial charge is 0.454 e. The zero-order valence-electron chi connectivity index (χ0n) is 11.1. The van der Waals surface area contributed by atoms with E-state index >= 15 is 0 Å². The summed E-state index contributed by atoms with van der Waals surface area (Å²) in [4.78, 5) is 22.2. The van der Waals surface area contributed by atoms with Gasteiger partial charge in [0.2, 0.25) is 12.7 Å². The lowest BCUT2D eigenvalue weighted by Crippen LogP contribution is -2.36. The molecule has 1 aromatic rings. The summed E-state index contributed by atoms with van der Waals surface area (Å²) in [6.45, 7) is 3.39. The number of carbonyl (C=O) groups excluding carboxylic acids is 1. The number of carbonyl (C=O) groups is 1. The van der Waals surface area contributed by atoms with Crippen molar-refractivity contribution < 1.29 is 19.2 Å². The predicted octanol–water partition coefficient (Wildman–Crippen LogP) is 1.39. The van der Waals surface area contributed by atoms with Crippen LogP contribution in [0.15, 0.2) is 12.1 Å². The molecule has 0 saturated carbocycles. The van der Waals surface area contributed by atoms with Gasteiger partial charge in [0.05, 0.1) is 11.0 Å². The van der Waals surface area contributed by atoms with Crippen LogP contribution < -0.4 is 20.5 Å². The van der Waals surface area contributed by atoms with Crippen LogP contribution in [-0.4, -0.2) is 23.2 Å². The van der Waals surface area contributed by atoms with Gasteiger partial charge in [0.15, 0.2) is 11.5 Å².